The average molecular weight is 322 g/mol. The fourth-order valence-electron chi connectivity index (χ4n) is 1.38. The predicted molar refractivity (Wildman–Crippen MR) is 68.1 cm³/mol. The summed E-state index contributed by atoms with van der Waals surface area (Å²) in [6.07, 6.45) is 2.01. The number of rotatable bonds is 3. The molecule has 78 valence electrons. The Bertz CT molecular complexity index is 326. The van der Waals surface area contributed by atoms with Gasteiger partial charge >= 0.3 is 0 Å². The van der Waals surface area contributed by atoms with Crippen LogP contribution in [0.4, 0.5) is 5.69 Å². The normalized spacial score (nSPS) is 12.9. The lowest BCUT2D eigenvalue weighted by Crippen LogP contribution is -2.12. The molecule has 4 N–H and O–H groups in total. The third kappa shape index (κ3) is 2.72. The standard InChI is InChI=1S/C10H14Br2N2/c1-2-3-9(13)7-4-6(11)5-8(12)10(7)14/h4-5,9H,2-3,13-14H2,1H3/t9-/m0/s1. The Balaban J connectivity index is 3.07. The van der Waals surface area contributed by atoms with Gasteiger partial charge in [0.15, 0.2) is 0 Å². The van der Waals surface area contributed by atoms with E-state index in [0.717, 1.165) is 33.0 Å². The molecule has 0 saturated heterocycles. The Kier molecular flexibility index (Phi) is 4.41. The van der Waals surface area contributed by atoms with Gasteiger partial charge in [0.2, 0.25) is 0 Å². The summed E-state index contributed by atoms with van der Waals surface area (Å²) in [5.74, 6) is 0. The quantitative estimate of drug-likeness (QED) is 0.836. The van der Waals surface area contributed by atoms with Crippen molar-refractivity contribution in [3.63, 3.8) is 0 Å². The van der Waals surface area contributed by atoms with Gasteiger partial charge in [0.05, 0.1) is 5.69 Å². The lowest BCUT2D eigenvalue weighted by atomic mass is 10.0. The molecule has 0 aromatic heterocycles. The van der Waals surface area contributed by atoms with Gasteiger partial charge in [-0.2, -0.15) is 0 Å². The van der Waals surface area contributed by atoms with E-state index >= 15 is 0 Å². The van der Waals surface area contributed by atoms with Crippen molar-refractivity contribution in [3.05, 3.63) is 26.6 Å². The van der Waals surface area contributed by atoms with E-state index < -0.39 is 0 Å². The van der Waals surface area contributed by atoms with Crippen molar-refractivity contribution >= 4 is 37.5 Å². The first-order chi connectivity index (χ1) is 6.56. The molecule has 1 atom stereocenters. The van der Waals surface area contributed by atoms with Crippen molar-refractivity contribution in [3.8, 4) is 0 Å². The molecule has 0 heterocycles. The third-order valence-electron chi connectivity index (χ3n) is 2.13. The van der Waals surface area contributed by atoms with Gasteiger partial charge in [0, 0.05) is 15.0 Å². The summed E-state index contributed by atoms with van der Waals surface area (Å²) < 4.78 is 1.90. The molecule has 0 aliphatic carbocycles. The van der Waals surface area contributed by atoms with E-state index in [-0.39, 0.29) is 6.04 Å². The summed E-state index contributed by atoms with van der Waals surface area (Å²) in [7, 11) is 0. The molecule has 1 aromatic carbocycles. The molecule has 0 radical (unpaired) electrons. The number of benzene rings is 1. The predicted octanol–water partition coefficient (Wildman–Crippen LogP) is 3.59. The highest BCUT2D eigenvalue weighted by Gasteiger charge is 2.11. The Morgan fingerprint density at radius 3 is 2.57 bits per heavy atom. The van der Waals surface area contributed by atoms with Crippen LogP contribution in [0.15, 0.2) is 21.1 Å². The van der Waals surface area contributed by atoms with E-state index in [4.69, 9.17) is 11.5 Å². The van der Waals surface area contributed by atoms with E-state index in [2.05, 4.69) is 38.8 Å². The summed E-state index contributed by atoms with van der Waals surface area (Å²) in [6.45, 7) is 2.11. The summed E-state index contributed by atoms with van der Waals surface area (Å²) in [5, 5.41) is 0. The molecule has 0 bridgehead atoms. The highest BCUT2D eigenvalue weighted by atomic mass is 79.9. The summed E-state index contributed by atoms with van der Waals surface area (Å²) in [5.41, 5.74) is 13.7. The smallest absolute Gasteiger partial charge is 0.0507 e. The van der Waals surface area contributed by atoms with Gasteiger partial charge in [-0.25, -0.2) is 0 Å². The van der Waals surface area contributed by atoms with Gasteiger partial charge in [-0.15, -0.1) is 0 Å². The van der Waals surface area contributed by atoms with Gasteiger partial charge in [0.1, 0.15) is 0 Å². The van der Waals surface area contributed by atoms with Crippen LogP contribution in [0, 0.1) is 0 Å². The van der Waals surface area contributed by atoms with Crippen LogP contribution in [0.3, 0.4) is 0 Å². The van der Waals surface area contributed by atoms with Gasteiger partial charge in [-0.1, -0.05) is 29.3 Å². The molecule has 0 aliphatic heterocycles. The van der Waals surface area contributed by atoms with Crippen LogP contribution < -0.4 is 11.5 Å². The van der Waals surface area contributed by atoms with E-state index in [9.17, 15) is 0 Å². The van der Waals surface area contributed by atoms with Gasteiger partial charge in [0.25, 0.3) is 0 Å². The maximum absolute atomic E-state index is 6.02. The lowest BCUT2D eigenvalue weighted by molar-refractivity contribution is 0.639. The second kappa shape index (κ2) is 5.14. The molecule has 1 aromatic rings. The second-order valence-electron chi connectivity index (χ2n) is 3.29. The molecular formula is C10H14Br2N2. The van der Waals surface area contributed by atoms with Crippen LogP contribution in [0.2, 0.25) is 0 Å². The third-order valence-corrected chi connectivity index (χ3v) is 3.24. The molecule has 0 unspecified atom stereocenters. The topological polar surface area (TPSA) is 52.0 Å². The van der Waals surface area contributed by atoms with E-state index in [0.29, 0.717) is 0 Å². The first-order valence-electron chi connectivity index (χ1n) is 4.56. The Morgan fingerprint density at radius 2 is 2.00 bits per heavy atom. The number of hydrogen-bond acceptors (Lipinski definition) is 2. The minimum atomic E-state index is 0.0220. The molecule has 0 aliphatic rings. The summed E-state index contributed by atoms with van der Waals surface area (Å²) in [6, 6.07) is 3.94. The average Bonchev–Trinajstić information content (AvgIpc) is 2.11. The zero-order chi connectivity index (χ0) is 10.7. The molecular weight excluding hydrogens is 308 g/mol. The highest BCUT2D eigenvalue weighted by molar-refractivity contribution is 9.11. The van der Waals surface area contributed by atoms with Crippen molar-refractivity contribution in [1.82, 2.24) is 0 Å². The van der Waals surface area contributed by atoms with Crippen LogP contribution >= 0.6 is 31.9 Å². The fraction of sp³-hybridized carbons (Fsp3) is 0.400. The monoisotopic (exact) mass is 320 g/mol. The van der Waals surface area contributed by atoms with Crippen LogP contribution in [-0.2, 0) is 0 Å². The van der Waals surface area contributed by atoms with Gasteiger partial charge < -0.3 is 11.5 Å². The van der Waals surface area contributed by atoms with Crippen LogP contribution in [0.5, 0.6) is 0 Å². The maximum atomic E-state index is 6.02. The Morgan fingerprint density at radius 1 is 1.36 bits per heavy atom. The first-order valence-corrected chi connectivity index (χ1v) is 6.14. The van der Waals surface area contributed by atoms with E-state index in [1.54, 1.807) is 0 Å². The van der Waals surface area contributed by atoms with Gasteiger partial charge in [-0.05, 0) is 40.0 Å². The van der Waals surface area contributed by atoms with Crippen LogP contribution in [-0.4, -0.2) is 0 Å². The van der Waals surface area contributed by atoms with E-state index in [1.165, 1.54) is 0 Å². The molecule has 4 heteroatoms. The molecule has 0 amide bonds. The van der Waals surface area contributed by atoms with Crippen LogP contribution in [0.25, 0.3) is 0 Å². The molecule has 1 rings (SSSR count). The van der Waals surface area contributed by atoms with Crippen molar-refractivity contribution in [2.45, 2.75) is 25.8 Å². The largest absolute Gasteiger partial charge is 0.398 e. The van der Waals surface area contributed by atoms with Gasteiger partial charge in [-0.3, -0.25) is 0 Å². The SMILES string of the molecule is CCC[C@H](N)c1cc(Br)cc(Br)c1N. The minimum Gasteiger partial charge on any atom is -0.398 e. The number of nitrogen functional groups attached to an aromatic ring is 1. The zero-order valence-corrected chi connectivity index (χ0v) is 11.2. The lowest BCUT2D eigenvalue weighted by Gasteiger charge is -2.15. The molecule has 2 nitrogen and oxygen atoms in total. The second-order valence-corrected chi connectivity index (χ2v) is 5.06. The van der Waals surface area contributed by atoms with Crippen molar-refractivity contribution < 1.29 is 0 Å². The molecule has 0 spiro atoms. The minimum absolute atomic E-state index is 0.0220. The van der Waals surface area contributed by atoms with Crippen molar-refractivity contribution in [1.29, 1.82) is 0 Å². The number of halogens is 2. The number of anilines is 1. The molecule has 14 heavy (non-hydrogen) atoms. The highest BCUT2D eigenvalue weighted by Crippen LogP contribution is 2.32. The van der Waals surface area contributed by atoms with Crippen molar-refractivity contribution in [2.24, 2.45) is 5.73 Å². The number of nitrogens with two attached hydrogens (primary N) is 2. The fourth-order valence-corrected chi connectivity index (χ4v) is 2.64. The maximum Gasteiger partial charge on any atom is 0.0507 e. The molecule has 0 saturated carbocycles. The Hall–Kier alpha value is -0.0600. The van der Waals surface area contributed by atoms with Crippen molar-refractivity contribution in [2.75, 3.05) is 5.73 Å². The van der Waals surface area contributed by atoms with E-state index in [1.807, 2.05) is 12.1 Å². The first kappa shape index (κ1) is 12.0. The Labute approximate surface area is 101 Å². The van der Waals surface area contributed by atoms with Crippen LogP contribution in [0.1, 0.15) is 31.4 Å². The summed E-state index contributed by atoms with van der Waals surface area (Å²) >= 11 is 6.83. The summed E-state index contributed by atoms with van der Waals surface area (Å²) in [4.78, 5) is 0. The zero-order valence-electron chi connectivity index (χ0n) is 8.06. The number of hydrogen-bond donors (Lipinski definition) is 2. The molecule has 0 fully saturated rings.